The first-order valence-electron chi connectivity index (χ1n) is 6.82. The summed E-state index contributed by atoms with van der Waals surface area (Å²) < 4.78 is 10.6. The number of methoxy groups -OCH3 is 2. The Labute approximate surface area is 125 Å². The molecule has 0 aromatic heterocycles. The first-order chi connectivity index (χ1) is 9.97. The van der Waals surface area contributed by atoms with Gasteiger partial charge in [-0.15, -0.1) is 0 Å². The molecule has 0 heterocycles. The predicted molar refractivity (Wildman–Crippen MR) is 83.6 cm³/mol. The summed E-state index contributed by atoms with van der Waals surface area (Å²) in [6.45, 7) is 5.82. The lowest BCUT2D eigenvalue weighted by molar-refractivity contribution is 0.103. The zero-order chi connectivity index (χ0) is 15.6. The van der Waals surface area contributed by atoms with Crippen molar-refractivity contribution in [1.82, 2.24) is 0 Å². The summed E-state index contributed by atoms with van der Waals surface area (Å²) >= 11 is 0. The van der Waals surface area contributed by atoms with Crippen LogP contribution in [0.5, 0.6) is 11.5 Å². The van der Waals surface area contributed by atoms with E-state index in [0.717, 1.165) is 22.4 Å². The zero-order valence-electron chi connectivity index (χ0n) is 13.1. The van der Waals surface area contributed by atoms with E-state index in [-0.39, 0.29) is 5.78 Å². The maximum absolute atomic E-state index is 12.8. The Morgan fingerprint density at radius 2 is 1.48 bits per heavy atom. The van der Waals surface area contributed by atoms with Gasteiger partial charge in [-0.3, -0.25) is 4.79 Å². The highest BCUT2D eigenvalue weighted by atomic mass is 16.5. The van der Waals surface area contributed by atoms with Crippen molar-refractivity contribution in [1.29, 1.82) is 0 Å². The molecule has 0 aliphatic rings. The average Bonchev–Trinajstić information content (AvgIpc) is 2.48. The van der Waals surface area contributed by atoms with Gasteiger partial charge in [-0.05, 0) is 61.7 Å². The van der Waals surface area contributed by atoms with Crippen molar-refractivity contribution in [3.8, 4) is 11.5 Å². The number of carbonyl (C=O) groups excluding carboxylic acids is 1. The Morgan fingerprint density at radius 3 is 2.10 bits per heavy atom. The molecule has 2 aromatic carbocycles. The largest absolute Gasteiger partial charge is 0.496 e. The fourth-order valence-electron chi connectivity index (χ4n) is 2.39. The Morgan fingerprint density at radius 1 is 0.810 bits per heavy atom. The summed E-state index contributed by atoms with van der Waals surface area (Å²) in [6.07, 6.45) is 0. The zero-order valence-corrected chi connectivity index (χ0v) is 13.1. The van der Waals surface area contributed by atoms with Gasteiger partial charge in [0.2, 0.25) is 0 Å². The Bertz CT molecular complexity index is 687. The minimum atomic E-state index is -0.0323. The van der Waals surface area contributed by atoms with Gasteiger partial charge in [-0.25, -0.2) is 0 Å². The molecular formula is C18H20O3. The van der Waals surface area contributed by atoms with Crippen LogP contribution in [-0.2, 0) is 0 Å². The summed E-state index contributed by atoms with van der Waals surface area (Å²) in [5, 5.41) is 0. The summed E-state index contributed by atoms with van der Waals surface area (Å²) in [6, 6.07) is 9.37. The first-order valence-corrected chi connectivity index (χ1v) is 6.82. The monoisotopic (exact) mass is 284 g/mol. The quantitative estimate of drug-likeness (QED) is 0.800. The lowest BCUT2D eigenvalue weighted by atomic mass is 9.95. The van der Waals surface area contributed by atoms with Crippen molar-refractivity contribution >= 4 is 5.78 Å². The van der Waals surface area contributed by atoms with Crippen LogP contribution in [0.1, 0.15) is 32.6 Å². The number of hydrogen-bond acceptors (Lipinski definition) is 3. The number of ketones is 1. The molecule has 0 aliphatic heterocycles. The normalized spacial score (nSPS) is 10.3. The SMILES string of the molecule is COc1cc(C)c(C(=O)c2ccc(C)cc2OC)cc1C. The summed E-state index contributed by atoms with van der Waals surface area (Å²) in [7, 11) is 3.21. The molecule has 0 saturated heterocycles. The van der Waals surface area contributed by atoms with Gasteiger partial charge in [-0.2, -0.15) is 0 Å². The second-order valence-corrected chi connectivity index (χ2v) is 5.17. The highest BCUT2D eigenvalue weighted by Crippen LogP contribution is 2.28. The van der Waals surface area contributed by atoms with Crippen molar-refractivity contribution in [3.05, 3.63) is 58.1 Å². The van der Waals surface area contributed by atoms with Crippen molar-refractivity contribution in [3.63, 3.8) is 0 Å². The van der Waals surface area contributed by atoms with Crippen LogP contribution in [0.15, 0.2) is 30.3 Å². The van der Waals surface area contributed by atoms with E-state index < -0.39 is 0 Å². The van der Waals surface area contributed by atoms with E-state index >= 15 is 0 Å². The molecular weight excluding hydrogens is 264 g/mol. The Hall–Kier alpha value is -2.29. The molecule has 21 heavy (non-hydrogen) atoms. The van der Waals surface area contributed by atoms with E-state index in [4.69, 9.17) is 9.47 Å². The van der Waals surface area contributed by atoms with Crippen LogP contribution in [-0.4, -0.2) is 20.0 Å². The lowest BCUT2D eigenvalue weighted by Crippen LogP contribution is -2.07. The molecule has 0 unspecified atom stereocenters. The minimum Gasteiger partial charge on any atom is -0.496 e. The van der Waals surface area contributed by atoms with Crippen molar-refractivity contribution < 1.29 is 14.3 Å². The van der Waals surface area contributed by atoms with Gasteiger partial charge >= 0.3 is 0 Å². The van der Waals surface area contributed by atoms with Crippen LogP contribution < -0.4 is 9.47 Å². The van der Waals surface area contributed by atoms with Crippen molar-refractivity contribution in [2.45, 2.75) is 20.8 Å². The van der Waals surface area contributed by atoms with Gasteiger partial charge in [0.25, 0.3) is 0 Å². The smallest absolute Gasteiger partial charge is 0.197 e. The average molecular weight is 284 g/mol. The second kappa shape index (κ2) is 6.00. The Balaban J connectivity index is 2.52. The fourth-order valence-corrected chi connectivity index (χ4v) is 2.39. The maximum atomic E-state index is 12.8. The molecule has 0 spiro atoms. The number of rotatable bonds is 4. The molecule has 110 valence electrons. The number of carbonyl (C=O) groups is 1. The standard InChI is InChI=1S/C18H20O3/c1-11-6-7-14(17(8-11)21-5)18(19)15-9-13(3)16(20-4)10-12(15)2/h6-10H,1-5H3. The van der Waals surface area contributed by atoms with Gasteiger partial charge in [-0.1, -0.05) is 6.07 Å². The first kappa shape index (κ1) is 15.1. The molecule has 3 nitrogen and oxygen atoms in total. The van der Waals surface area contributed by atoms with Gasteiger partial charge in [0, 0.05) is 5.56 Å². The molecule has 0 atom stereocenters. The highest BCUT2D eigenvalue weighted by Gasteiger charge is 2.18. The van der Waals surface area contributed by atoms with E-state index in [9.17, 15) is 4.79 Å². The van der Waals surface area contributed by atoms with E-state index in [0.29, 0.717) is 16.9 Å². The maximum Gasteiger partial charge on any atom is 0.197 e. The van der Waals surface area contributed by atoms with Crippen LogP contribution >= 0.6 is 0 Å². The topological polar surface area (TPSA) is 35.5 Å². The highest BCUT2D eigenvalue weighted by molar-refractivity contribution is 6.11. The summed E-state index contributed by atoms with van der Waals surface area (Å²) in [5.41, 5.74) is 4.15. The third-order valence-electron chi connectivity index (χ3n) is 3.59. The van der Waals surface area contributed by atoms with Crippen LogP contribution in [0, 0.1) is 20.8 Å². The van der Waals surface area contributed by atoms with Gasteiger partial charge in [0.1, 0.15) is 11.5 Å². The van der Waals surface area contributed by atoms with E-state index in [2.05, 4.69) is 0 Å². The summed E-state index contributed by atoms with van der Waals surface area (Å²) in [4.78, 5) is 12.8. The van der Waals surface area contributed by atoms with Crippen molar-refractivity contribution in [2.24, 2.45) is 0 Å². The molecule has 2 aromatic rings. The predicted octanol–water partition coefficient (Wildman–Crippen LogP) is 3.86. The van der Waals surface area contributed by atoms with Crippen LogP contribution in [0.2, 0.25) is 0 Å². The molecule has 0 aliphatic carbocycles. The summed E-state index contributed by atoms with van der Waals surface area (Å²) in [5.74, 6) is 1.36. The molecule has 0 amide bonds. The number of aryl methyl sites for hydroxylation is 3. The third kappa shape index (κ3) is 2.92. The third-order valence-corrected chi connectivity index (χ3v) is 3.59. The van der Waals surface area contributed by atoms with Gasteiger partial charge < -0.3 is 9.47 Å². The lowest BCUT2D eigenvalue weighted by Gasteiger charge is -2.13. The number of benzene rings is 2. The number of hydrogen-bond donors (Lipinski definition) is 0. The molecule has 2 rings (SSSR count). The Kier molecular flexibility index (Phi) is 4.32. The molecule has 0 bridgehead atoms. The second-order valence-electron chi connectivity index (χ2n) is 5.17. The van der Waals surface area contributed by atoms with Crippen LogP contribution in [0.25, 0.3) is 0 Å². The van der Waals surface area contributed by atoms with Gasteiger partial charge in [0.05, 0.1) is 19.8 Å². The van der Waals surface area contributed by atoms with Gasteiger partial charge in [0.15, 0.2) is 5.78 Å². The van der Waals surface area contributed by atoms with Crippen molar-refractivity contribution in [2.75, 3.05) is 14.2 Å². The molecule has 0 saturated carbocycles. The van der Waals surface area contributed by atoms with E-state index in [1.807, 2.05) is 51.1 Å². The van der Waals surface area contributed by atoms with E-state index in [1.54, 1.807) is 14.2 Å². The van der Waals surface area contributed by atoms with E-state index in [1.165, 1.54) is 0 Å². The minimum absolute atomic E-state index is 0.0323. The van der Waals surface area contributed by atoms with Crippen LogP contribution in [0.3, 0.4) is 0 Å². The molecule has 3 heteroatoms. The fraction of sp³-hybridized carbons (Fsp3) is 0.278. The molecule has 0 N–H and O–H groups in total. The molecule has 0 fully saturated rings. The molecule has 0 radical (unpaired) electrons. The van der Waals surface area contributed by atoms with Crippen LogP contribution in [0.4, 0.5) is 0 Å². The number of ether oxygens (including phenoxy) is 2.